The predicted octanol–water partition coefficient (Wildman–Crippen LogP) is 2.42. The Morgan fingerprint density at radius 3 is 3.00 bits per heavy atom. The number of benzene rings is 1. The van der Waals surface area contributed by atoms with Crippen molar-refractivity contribution in [2.75, 3.05) is 18.0 Å². The molecule has 2 aromatic rings. The summed E-state index contributed by atoms with van der Waals surface area (Å²) in [5, 5.41) is 11.2. The van der Waals surface area contributed by atoms with Gasteiger partial charge in [-0.3, -0.25) is 4.79 Å². The van der Waals surface area contributed by atoms with Gasteiger partial charge < -0.3 is 10.2 Å². The van der Waals surface area contributed by atoms with Crippen LogP contribution in [0.1, 0.15) is 29.5 Å². The molecule has 5 heteroatoms. The summed E-state index contributed by atoms with van der Waals surface area (Å²) >= 11 is 0. The first-order chi connectivity index (χ1) is 11.6. The number of rotatable bonds is 5. The summed E-state index contributed by atoms with van der Waals surface area (Å²) in [5.74, 6) is 0.971. The Kier molecular flexibility index (Phi) is 5.08. The van der Waals surface area contributed by atoms with Crippen LogP contribution in [0.3, 0.4) is 0 Å². The van der Waals surface area contributed by atoms with Gasteiger partial charge in [-0.1, -0.05) is 23.8 Å². The third-order valence-electron chi connectivity index (χ3n) is 4.62. The van der Waals surface area contributed by atoms with E-state index < -0.39 is 0 Å². The fourth-order valence-corrected chi connectivity index (χ4v) is 3.25. The second-order valence-electron chi connectivity index (χ2n) is 6.48. The predicted molar refractivity (Wildman–Crippen MR) is 95.0 cm³/mol. The second kappa shape index (κ2) is 7.43. The maximum Gasteiger partial charge on any atom is 0.224 e. The van der Waals surface area contributed by atoms with Crippen molar-refractivity contribution in [1.82, 2.24) is 15.5 Å². The molecule has 1 saturated heterocycles. The Hall–Kier alpha value is -2.43. The SMILES string of the molecule is Cc1ccc(C)c(CC(=O)NC[C@@H]2CCCN2c2cccnn2)c1. The highest BCUT2D eigenvalue weighted by atomic mass is 16.1. The number of aryl methyl sites for hydroxylation is 2. The van der Waals surface area contributed by atoms with Crippen molar-refractivity contribution in [3.8, 4) is 0 Å². The Bertz CT molecular complexity index is 702. The highest BCUT2D eigenvalue weighted by molar-refractivity contribution is 5.79. The summed E-state index contributed by atoms with van der Waals surface area (Å²) in [6, 6.07) is 10.4. The monoisotopic (exact) mass is 324 g/mol. The fraction of sp³-hybridized carbons (Fsp3) is 0.421. The van der Waals surface area contributed by atoms with Crippen LogP contribution in [-0.4, -0.2) is 35.2 Å². The molecular weight excluding hydrogens is 300 g/mol. The van der Waals surface area contributed by atoms with E-state index in [1.807, 2.05) is 12.1 Å². The maximum absolute atomic E-state index is 12.3. The van der Waals surface area contributed by atoms with Crippen LogP contribution in [0.2, 0.25) is 0 Å². The third-order valence-corrected chi connectivity index (χ3v) is 4.62. The lowest BCUT2D eigenvalue weighted by atomic mass is 10.0. The largest absolute Gasteiger partial charge is 0.354 e. The van der Waals surface area contributed by atoms with Gasteiger partial charge in [0.1, 0.15) is 0 Å². The lowest BCUT2D eigenvalue weighted by Crippen LogP contribution is -2.41. The lowest BCUT2D eigenvalue weighted by molar-refractivity contribution is -0.120. The molecule has 0 aliphatic carbocycles. The normalized spacial score (nSPS) is 17.1. The van der Waals surface area contributed by atoms with Crippen molar-refractivity contribution < 1.29 is 4.79 Å². The zero-order chi connectivity index (χ0) is 16.9. The van der Waals surface area contributed by atoms with E-state index in [0.717, 1.165) is 36.3 Å². The van der Waals surface area contributed by atoms with Crippen molar-refractivity contribution in [3.05, 3.63) is 53.2 Å². The number of nitrogens with zero attached hydrogens (tertiary/aromatic N) is 3. The van der Waals surface area contributed by atoms with Crippen LogP contribution < -0.4 is 10.2 Å². The van der Waals surface area contributed by atoms with E-state index >= 15 is 0 Å². The first-order valence-corrected chi connectivity index (χ1v) is 8.50. The molecule has 5 nitrogen and oxygen atoms in total. The van der Waals surface area contributed by atoms with E-state index in [1.165, 1.54) is 5.56 Å². The van der Waals surface area contributed by atoms with Gasteiger partial charge in [-0.25, -0.2) is 0 Å². The van der Waals surface area contributed by atoms with Crippen molar-refractivity contribution in [2.45, 2.75) is 39.2 Å². The van der Waals surface area contributed by atoms with E-state index in [9.17, 15) is 4.79 Å². The lowest BCUT2D eigenvalue weighted by Gasteiger charge is -2.25. The van der Waals surface area contributed by atoms with Gasteiger partial charge in [-0.05, 0) is 49.9 Å². The molecule has 3 rings (SSSR count). The minimum Gasteiger partial charge on any atom is -0.354 e. The molecule has 1 aliphatic heterocycles. The van der Waals surface area contributed by atoms with Gasteiger partial charge in [-0.15, -0.1) is 5.10 Å². The van der Waals surface area contributed by atoms with Crippen LogP contribution in [-0.2, 0) is 11.2 Å². The zero-order valence-corrected chi connectivity index (χ0v) is 14.3. The molecule has 0 unspecified atom stereocenters. The fourth-order valence-electron chi connectivity index (χ4n) is 3.25. The number of carbonyl (C=O) groups excluding carboxylic acids is 1. The van der Waals surface area contributed by atoms with Crippen LogP contribution in [0.15, 0.2) is 36.5 Å². The van der Waals surface area contributed by atoms with Crippen molar-refractivity contribution in [1.29, 1.82) is 0 Å². The minimum absolute atomic E-state index is 0.0784. The number of nitrogens with one attached hydrogen (secondary N) is 1. The van der Waals surface area contributed by atoms with Gasteiger partial charge in [0.05, 0.1) is 6.42 Å². The molecular formula is C19H24N4O. The quantitative estimate of drug-likeness (QED) is 0.918. The maximum atomic E-state index is 12.3. The molecule has 0 radical (unpaired) electrons. The summed E-state index contributed by atoms with van der Waals surface area (Å²) < 4.78 is 0. The number of hydrogen-bond acceptors (Lipinski definition) is 4. The number of anilines is 1. The van der Waals surface area contributed by atoms with Crippen LogP contribution in [0.5, 0.6) is 0 Å². The summed E-state index contributed by atoms with van der Waals surface area (Å²) in [4.78, 5) is 14.6. The molecule has 1 atom stereocenters. The summed E-state index contributed by atoms with van der Waals surface area (Å²) in [6.45, 7) is 5.73. The number of carbonyl (C=O) groups is 1. The molecule has 1 amide bonds. The van der Waals surface area contributed by atoms with E-state index in [2.05, 4.69) is 52.5 Å². The highest BCUT2D eigenvalue weighted by Crippen LogP contribution is 2.22. The second-order valence-corrected chi connectivity index (χ2v) is 6.48. The standard InChI is InChI=1S/C19H24N4O/c1-14-7-8-15(2)16(11-14)12-19(24)20-13-17-5-4-10-23(17)18-6-3-9-21-22-18/h3,6-9,11,17H,4-5,10,12-13H2,1-2H3,(H,20,24)/t17-/m0/s1. The molecule has 1 aliphatic rings. The van der Waals surface area contributed by atoms with Crippen LogP contribution in [0.4, 0.5) is 5.82 Å². The van der Waals surface area contributed by atoms with Gasteiger partial charge in [0.25, 0.3) is 0 Å². The molecule has 126 valence electrons. The number of hydrogen-bond donors (Lipinski definition) is 1. The van der Waals surface area contributed by atoms with Gasteiger partial charge in [0, 0.05) is 25.3 Å². The van der Waals surface area contributed by atoms with Crippen LogP contribution in [0, 0.1) is 13.8 Å². The Morgan fingerprint density at radius 2 is 2.21 bits per heavy atom. The summed E-state index contributed by atoms with van der Waals surface area (Å²) in [7, 11) is 0. The molecule has 0 saturated carbocycles. The van der Waals surface area contributed by atoms with Gasteiger partial charge in [0.2, 0.25) is 5.91 Å². The van der Waals surface area contributed by atoms with E-state index in [-0.39, 0.29) is 5.91 Å². The Balaban J connectivity index is 1.57. The van der Waals surface area contributed by atoms with E-state index in [0.29, 0.717) is 19.0 Å². The Labute approximate surface area is 143 Å². The van der Waals surface area contributed by atoms with Crippen molar-refractivity contribution in [2.24, 2.45) is 0 Å². The molecule has 1 N–H and O–H groups in total. The molecule has 0 bridgehead atoms. The molecule has 0 spiro atoms. The smallest absolute Gasteiger partial charge is 0.224 e. The molecule has 2 heterocycles. The average molecular weight is 324 g/mol. The Morgan fingerprint density at radius 1 is 1.33 bits per heavy atom. The van der Waals surface area contributed by atoms with E-state index in [1.54, 1.807) is 6.20 Å². The minimum atomic E-state index is 0.0784. The van der Waals surface area contributed by atoms with Gasteiger partial charge in [-0.2, -0.15) is 5.10 Å². The van der Waals surface area contributed by atoms with Crippen LogP contribution in [0.25, 0.3) is 0 Å². The first kappa shape index (κ1) is 16.4. The first-order valence-electron chi connectivity index (χ1n) is 8.50. The summed E-state index contributed by atoms with van der Waals surface area (Å²) in [5.41, 5.74) is 3.45. The molecule has 24 heavy (non-hydrogen) atoms. The van der Waals surface area contributed by atoms with E-state index in [4.69, 9.17) is 0 Å². The average Bonchev–Trinajstić information content (AvgIpc) is 3.06. The molecule has 1 aromatic heterocycles. The number of aromatic nitrogens is 2. The molecule has 1 fully saturated rings. The summed E-state index contributed by atoms with van der Waals surface area (Å²) in [6.07, 6.45) is 4.31. The van der Waals surface area contributed by atoms with Crippen molar-refractivity contribution >= 4 is 11.7 Å². The number of amides is 1. The van der Waals surface area contributed by atoms with Crippen LogP contribution >= 0.6 is 0 Å². The van der Waals surface area contributed by atoms with Crippen molar-refractivity contribution in [3.63, 3.8) is 0 Å². The zero-order valence-electron chi connectivity index (χ0n) is 14.3. The highest BCUT2D eigenvalue weighted by Gasteiger charge is 2.26. The van der Waals surface area contributed by atoms with Gasteiger partial charge >= 0.3 is 0 Å². The third kappa shape index (κ3) is 3.91. The van der Waals surface area contributed by atoms with Gasteiger partial charge in [0.15, 0.2) is 5.82 Å². The topological polar surface area (TPSA) is 58.1 Å². The molecule has 1 aromatic carbocycles.